The molecule has 0 saturated heterocycles. The van der Waals surface area contributed by atoms with Gasteiger partial charge in [-0.3, -0.25) is 14.4 Å². The quantitative estimate of drug-likeness (QED) is 0.877. The van der Waals surface area contributed by atoms with Crippen molar-refractivity contribution in [3.8, 4) is 0 Å². The summed E-state index contributed by atoms with van der Waals surface area (Å²) >= 11 is 0. The molecule has 140 valence electrons. The molecule has 0 aliphatic carbocycles. The molecule has 2 heterocycles. The van der Waals surface area contributed by atoms with E-state index < -0.39 is 17.7 Å². The smallest absolute Gasteiger partial charge is 0.225 e. The van der Waals surface area contributed by atoms with E-state index in [1.807, 2.05) is 4.90 Å². The third-order valence-electron chi connectivity index (χ3n) is 4.51. The molecule has 0 saturated carbocycles. The van der Waals surface area contributed by atoms with Gasteiger partial charge in [0, 0.05) is 45.4 Å². The molecular weight excluding hydrogens is 342 g/mol. The Hall–Kier alpha value is -2.32. The number of hydrogen-bond donors (Lipinski definition) is 1. The first-order valence-corrected chi connectivity index (χ1v) is 8.44. The van der Waals surface area contributed by atoms with Crippen LogP contribution in [0.5, 0.6) is 0 Å². The summed E-state index contributed by atoms with van der Waals surface area (Å²) in [6, 6.07) is 5.38. The van der Waals surface area contributed by atoms with Crippen LogP contribution in [0.15, 0.2) is 24.3 Å². The summed E-state index contributed by atoms with van der Waals surface area (Å²) in [4.78, 5) is 15.2. The number of rotatable bonds is 5. The van der Waals surface area contributed by atoms with Crippen molar-refractivity contribution in [1.29, 1.82) is 0 Å². The van der Waals surface area contributed by atoms with Crippen LogP contribution >= 0.6 is 0 Å². The number of nitrogens with zero attached hydrogens (tertiary/aromatic N) is 4. The predicted molar refractivity (Wildman–Crippen MR) is 91.0 cm³/mol. The summed E-state index contributed by atoms with van der Waals surface area (Å²) in [5, 5.41) is 14.6. The highest BCUT2D eigenvalue weighted by Crippen LogP contribution is 2.22. The van der Waals surface area contributed by atoms with Crippen LogP contribution in [0.1, 0.15) is 29.5 Å². The van der Waals surface area contributed by atoms with Crippen LogP contribution in [0.25, 0.3) is 0 Å². The van der Waals surface area contributed by atoms with Crippen molar-refractivity contribution < 1.29 is 18.7 Å². The lowest BCUT2D eigenvalue weighted by Crippen LogP contribution is -2.33. The SMILES string of the molecule is CN(C)C(=O)C[C@@H](O)c1cc2n(n1)CCN(Cc1ccc(F)cc1F)C2. The highest BCUT2D eigenvalue weighted by atomic mass is 19.1. The molecule has 1 amide bonds. The first kappa shape index (κ1) is 18.5. The minimum absolute atomic E-state index is 0.0199. The van der Waals surface area contributed by atoms with E-state index in [9.17, 15) is 18.7 Å². The van der Waals surface area contributed by atoms with Gasteiger partial charge in [0.05, 0.1) is 24.4 Å². The lowest BCUT2D eigenvalue weighted by Gasteiger charge is -2.27. The van der Waals surface area contributed by atoms with Crippen LogP contribution in [-0.2, 0) is 24.4 Å². The molecule has 26 heavy (non-hydrogen) atoms. The van der Waals surface area contributed by atoms with Crippen LogP contribution < -0.4 is 0 Å². The fourth-order valence-electron chi connectivity index (χ4n) is 2.98. The molecule has 3 rings (SSSR count). The van der Waals surface area contributed by atoms with Crippen LogP contribution in [0.4, 0.5) is 8.78 Å². The maximum atomic E-state index is 13.8. The van der Waals surface area contributed by atoms with Gasteiger partial charge in [-0.1, -0.05) is 6.07 Å². The Balaban J connectivity index is 1.67. The Morgan fingerprint density at radius 1 is 1.31 bits per heavy atom. The van der Waals surface area contributed by atoms with E-state index in [-0.39, 0.29) is 12.3 Å². The second-order valence-corrected chi connectivity index (χ2v) is 6.74. The Bertz CT molecular complexity index is 806. The van der Waals surface area contributed by atoms with Gasteiger partial charge in [-0.25, -0.2) is 8.78 Å². The topological polar surface area (TPSA) is 61.6 Å². The molecule has 1 aromatic carbocycles. The van der Waals surface area contributed by atoms with Gasteiger partial charge in [0.25, 0.3) is 0 Å². The number of amides is 1. The molecule has 0 spiro atoms. The molecule has 1 aliphatic heterocycles. The third-order valence-corrected chi connectivity index (χ3v) is 4.51. The van der Waals surface area contributed by atoms with Crippen molar-refractivity contribution in [1.82, 2.24) is 19.6 Å². The van der Waals surface area contributed by atoms with Gasteiger partial charge in [0.1, 0.15) is 17.7 Å². The minimum Gasteiger partial charge on any atom is -0.386 e. The first-order chi connectivity index (χ1) is 12.3. The Morgan fingerprint density at radius 2 is 2.08 bits per heavy atom. The van der Waals surface area contributed by atoms with Crippen molar-refractivity contribution in [2.75, 3.05) is 20.6 Å². The largest absolute Gasteiger partial charge is 0.386 e. The fourth-order valence-corrected chi connectivity index (χ4v) is 2.98. The summed E-state index contributed by atoms with van der Waals surface area (Å²) in [5.41, 5.74) is 1.80. The highest BCUT2D eigenvalue weighted by Gasteiger charge is 2.23. The van der Waals surface area contributed by atoms with Gasteiger partial charge < -0.3 is 10.0 Å². The number of benzene rings is 1. The molecule has 8 heteroatoms. The summed E-state index contributed by atoms with van der Waals surface area (Å²) in [7, 11) is 3.28. The molecule has 1 atom stereocenters. The maximum Gasteiger partial charge on any atom is 0.225 e. The second-order valence-electron chi connectivity index (χ2n) is 6.74. The normalized spacial score (nSPS) is 15.6. The zero-order valence-electron chi connectivity index (χ0n) is 14.8. The summed E-state index contributed by atoms with van der Waals surface area (Å²) in [6.45, 7) is 2.18. The number of aliphatic hydroxyl groups is 1. The zero-order valence-corrected chi connectivity index (χ0v) is 14.8. The van der Waals surface area contributed by atoms with Gasteiger partial charge in [-0.05, 0) is 12.1 Å². The van der Waals surface area contributed by atoms with Crippen LogP contribution in [-0.4, -0.2) is 51.2 Å². The Kier molecular flexibility index (Phi) is 5.33. The Labute approximate surface area is 150 Å². The number of halogens is 2. The molecule has 0 unspecified atom stereocenters. The van der Waals surface area contributed by atoms with Gasteiger partial charge >= 0.3 is 0 Å². The molecule has 0 bridgehead atoms. The van der Waals surface area contributed by atoms with Crippen molar-refractivity contribution in [2.24, 2.45) is 0 Å². The standard InChI is InChI=1S/C18H22F2N4O2/c1-22(2)18(26)9-17(25)16-8-14-11-23(5-6-24(14)21-16)10-12-3-4-13(19)7-15(12)20/h3-4,7-8,17,25H,5-6,9-11H2,1-2H3/t17-/m1/s1. The van der Waals surface area contributed by atoms with E-state index in [2.05, 4.69) is 5.10 Å². The summed E-state index contributed by atoms with van der Waals surface area (Å²) in [6.07, 6.45) is -0.973. The second kappa shape index (κ2) is 7.51. The van der Waals surface area contributed by atoms with Crippen molar-refractivity contribution in [2.45, 2.75) is 32.2 Å². The molecule has 1 N–H and O–H groups in total. The van der Waals surface area contributed by atoms with E-state index >= 15 is 0 Å². The fraction of sp³-hybridized carbons (Fsp3) is 0.444. The lowest BCUT2D eigenvalue weighted by atomic mass is 10.1. The summed E-state index contributed by atoms with van der Waals surface area (Å²) in [5.74, 6) is -1.31. The van der Waals surface area contributed by atoms with Gasteiger partial charge in [0.2, 0.25) is 5.91 Å². The molecule has 1 aromatic heterocycles. The number of hydrogen-bond acceptors (Lipinski definition) is 4. The van der Waals surface area contributed by atoms with Crippen molar-refractivity contribution in [3.05, 3.63) is 52.9 Å². The lowest BCUT2D eigenvalue weighted by molar-refractivity contribution is -0.130. The van der Waals surface area contributed by atoms with Crippen molar-refractivity contribution >= 4 is 5.91 Å². The van der Waals surface area contributed by atoms with Gasteiger partial charge in [-0.15, -0.1) is 0 Å². The molecule has 6 nitrogen and oxygen atoms in total. The third kappa shape index (κ3) is 4.08. The predicted octanol–water partition coefficient (Wildman–Crippen LogP) is 1.69. The van der Waals surface area contributed by atoms with E-state index in [0.29, 0.717) is 37.4 Å². The van der Waals surface area contributed by atoms with E-state index in [1.165, 1.54) is 17.0 Å². The molecule has 1 aliphatic rings. The number of aliphatic hydroxyl groups excluding tert-OH is 1. The average molecular weight is 364 g/mol. The van der Waals surface area contributed by atoms with Crippen molar-refractivity contribution in [3.63, 3.8) is 0 Å². The monoisotopic (exact) mass is 364 g/mol. The van der Waals surface area contributed by atoms with E-state index in [1.54, 1.807) is 24.8 Å². The average Bonchev–Trinajstić information content (AvgIpc) is 3.00. The first-order valence-electron chi connectivity index (χ1n) is 8.44. The Morgan fingerprint density at radius 3 is 2.77 bits per heavy atom. The number of carbonyl (C=O) groups excluding carboxylic acids is 1. The van der Waals surface area contributed by atoms with Crippen LogP contribution in [0.2, 0.25) is 0 Å². The minimum atomic E-state index is -0.953. The molecule has 2 aromatic rings. The van der Waals surface area contributed by atoms with E-state index in [0.717, 1.165) is 11.8 Å². The maximum absolute atomic E-state index is 13.8. The summed E-state index contributed by atoms with van der Waals surface area (Å²) < 4.78 is 28.7. The van der Waals surface area contributed by atoms with E-state index in [4.69, 9.17) is 0 Å². The van der Waals surface area contributed by atoms with Gasteiger partial charge in [0.15, 0.2) is 0 Å². The number of carbonyl (C=O) groups is 1. The zero-order chi connectivity index (χ0) is 18.8. The molecule has 0 fully saturated rings. The number of aromatic nitrogens is 2. The van der Waals surface area contributed by atoms with Crippen LogP contribution in [0, 0.1) is 11.6 Å². The highest BCUT2D eigenvalue weighted by molar-refractivity contribution is 5.76. The number of fused-ring (bicyclic) bond motifs is 1. The molecular formula is C18H22F2N4O2. The van der Waals surface area contributed by atoms with Gasteiger partial charge in [-0.2, -0.15) is 5.10 Å². The van der Waals surface area contributed by atoms with Crippen LogP contribution in [0.3, 0.4) is 0 Å². The molecule has 0 radical (unpaired) electrons.